The molecular formula is C16H25NOS. The first-order valence-corrected chi connectivity index (χ1v) is 8.14. The first-order chi connectivity index (χ1) is 9.08. The lowest BCUT2D eigenvalue weighted by molar-refractivity contribution is 0.102. The van der Waals surface area contributed by atoms with E-state index in [1.54, 1.807) is 11.8 Å². The van der Waals surface area contributed by atoms with Crippen molar-refractivity contribution in [3.63, 3.8) is 0 Å². The first-order valence-electron chi connectivity index (χ1n) is 6.99. The average Bonchev–Trinajstić information content (AvgIpc) is 2.41. The minimum absolute atomic E-state index is 0.255. The predicted molar refractivity (Wildman–Crippen MR) is 85.4 cm³/mol. The topological polar surface area (TPSA) is 20.3 Å². The van der Waals surface area contributed by atoms with Crippen LogP contribution >= 0.6 is 11.8 Å². The molecule has 0 spiro atoms. The standard InChI is InChI=1S/C16H25NOS/c1-5-17(6-2)9-10-19-12-16(18)15-11-13(3)7-8-14(15)4/h7-8,11H,5-6,9-10,12H2,1-4H3. The van der Waals surface area contributed by atoms with Crippen LogP contribution in [0.4, 0.5) is 0 Å². The molecule has 0 N–H and O–H groups in total. The Morgan fingerprint density at radius 2 is 1.89 bits per heavy atom. The summed E-state index contributed by atoms with van der Waals surface area (Å²) in [6, 6.07) is 6.09. The van der Waals surface area contributed by atoms with Crippen molar-refractivity contribution in [3.05, 3.63) is 34.9 Å². The molecule has 0 atom stereocenters. The van der Waals surface area contributed by atoms with Crippen LogP contribution in [0, 0.1) is 13.8 Å². The van der Waals surface area contributed by atoms with Crippen LogP contribution in [0.2, 0.25) is 0 Å². The number of carbonyl (C=O) groups excluding carboxylic acids is 1. The molecule has 0 aliphatic heterocycles. The summed E-state index contributed by atoms with van der Waals surface area (Å²) in [5, 5.41) is 0. The van der Waals surface area contributed by atoms with Gasteiger partial charge in [-0.25, -0.2) is 0 Å². The van der Waals surface area contributed by atoms with E-state index < -0.39 is 0 Å². The number of nitrogens with zero attached hydrogens (tertiary/aromatic N) is 1. The van der Waals surface area contributed by atoms with Crippen molar-refractivity contribution >= 4 is 17.5 Å². The average molecular weight is 279 g/mol. The van der Waals surface area contributed by atoms with Crippen molar-refractivity contribution < 1.29 is 4.79 Å². The second kappa shape index (κ2) is 8.39. The number of benzene rings is 1. The van der Waals surface area contributed by atoms with Crippen molar-refractivity contribution in [1.29, 1.82) is 0 Å². The Labute approximate surface area is 121 Å². The van der Waals surface area contributed by atoms with Crippen LogP contribution in [0.15, 0.2) is 18.2 Å². The molecular weight excluding hydrogens is 254 g/mol. The normalized spacial score (nSPS) is 11.0. The van der Waals surface area contributed by atoms with Crippen LogP contribution in [0.1, 0.15) is 35.3 Å². The van der Waals surface area contributed by atoms with Crippen molar-refractivity contribution in [3.8, 4) is 0 Å². The summed E-state index contributed by atoms with van der Waals surface area (Å²) >= 11 is 1.74. The third kappa shape index (κ3) is 5.37. The Balaban J connectivity index is 2.41. The molecule has 0 bridgehead atoms. The number of ketones is 1. The zero-order valence-electron chi connectivity index (χ0n) is 12.5. The Hall–Kier alpha value is -0.800. The van der Waals surface area contributed by atoms with Crippen LogP contribution in [-0.4, -0.2) is 41.8 Å². The minimum Gasteiger partial charge on any atom is -0.303 e. The molecule has 3 heteroatoms. The maximum absolute atomic E-state index is 12.2. The van der Waals surface area contributed by atoms with Crippen LogP contribution in [0.25, 0.3) is 0 Å². The van der Waals surface area contributed by atoms with Crippen molar-refractivity contribution in [2.45, 2.75) is 27.7 Å². The molecule has 2 nitrogen and oxygen atoms in total. The van der Waals surface area contributed by atoms with Gasteiger partial charge in [0.05, 0.1) is 5.75 Å². The second-order valence-corrected chi connectivity index (χ2v) is 5.93. The summed E-state index contributed by atoms with van der Waals surface area (Å²) in [6.45, 7) is 11.6. The van der Waals surface area contributed by atoms with Crippen LogP contribution in [-0.2, 0) is 0 Å². The molecule has 0 saturated carbocycles. The second-order valence-electron chi connectivity index (χ2n) is 4.82. The molecule has 0 fully saturated rings. The van der Waals surface area contributed by atoms with E-state index in [-0.39, 0.29) is 5.78 Å². The fraction of sp³-hybridized carbons (Fsp3) is 0.562. The van der Waals surface area contributed by atoms with E-state index in [0.717, 1.165) is 42.1 Å². The highest BCUT2D eigenvalue weighted by Gasteiger charge is 2.09. The summed E-state index contributed by atoms with van der Waals surface area (Å²) in [5.41, 5.74) is 3.12. The van der Waals surface area contributed by atoms with Gasteiger partial charge >= 0.3 is 0 Å². The van der Waals surface area contributed by atoms with E-state index >= 15 is 0 Å². The molecule has 1 aromatic carbocycles. The van der Waals surface area contributed by atoms with Gasteiger partial charge in [0, 0.05) is 17.9 Å². The van der Waals surface area contributed by atoms with Gasteiger partial charge in [0.2, 0.25) is 0 Å². The lowest BCUT2D eigenvalue weighted by Crippen LogP contribution is -2.25. The van der Waals surface area contributed by atoms with Crippen molar-refractivity contribution in [2.24, 2.45) is 0 Å². The molecule has 0 radical (unpaired) electrons. The quantitative estimate of drug-likeness (QED) is 0.536. The Morgan fingerprint density at radius 1 is 1.21 bits per heavy atom. The Kier molecular flexibility index (Phi) is 7.17. The smallest absolute Gasteiger partial charge is 0.172 e. The zero-order valence-corrected chi connectivity index (χ0v) is 13.3. The monoisotopic (exact) mass is 279 g/mol. The van der Waals surface area contributed by atoms with Gasteiger partial charge in [0.15, 0.2) is 5.78 Å². The van der Waals surface area contributed by atoms with Gasteiger partial charge in [-0.15, -0.1) is 0 Å². The summed E-state index contributed by atoms with van der Waals surface area (Å²) in [6.07, 6.45) is 0. The molecule has 106 valence electrons. The molecule has 19 heavy (non-hydrogen) atoms. The highest BCUT2D eigenvalue weighted by Crippen LogP contribution is 2.14. The van der Waals surface area contributed by atoms with E-state index in [4.69, 9.17) is 0 Å². The number of thioether (sulfide) groups is 1. The lowest BCUT2D eigenvalue weighted by Gasteiger charge is -2.17. The lowest BCUT2D eigenvalue weighted by atomic mass is 10.0. The number of hydrogen-bond donors (Lipinski definition) is 0. The molecule has 1 aromatic rings. The predicted octanol–water partition coefficient (Wildman–Crippen LogP) is 3.56. The van der Waals surface area contributed by atoms with Gasteiger partial charge in [-0.2, -0.15) is 11.8 Å². The minimum atomic E-state index is 0.255. The van der Waals surface area contributed by atoms with Gasteiger partial charge in [-0.3, -0.25) is 4.79 Å². The zero-order chi connectivity index (χ0) is 14.3. The van der Waals surface area contributed by atoms with Gasteiger partial charge in [-0.05, 0) is 38.6 Å². The highest BCUT2D eigenvalue weighted by molar-refractivity contribution is 8.00. The SMILES string of the molecule is CCN(CC)CCSCC(=O)c1cc(C)ccc1C. The van der Waals surface area contributed by atoms with E-state index in [1.807, 2.05) is 26.0 Å². The maximum atomic E-state index is 12.2. The van der Waals surface area contributed by atoms with E-state index in [0.29, 0.717) is 5.75 Å². The molecule has 0 aliphatic carbocycles. The van der Waals surface area contributed by atoms with Gasteiger partial charge in [-0.1, -0.05) is 31.5 Å². The summed E-state index contributed by atoms with van der Waals surface area (Å²) in [5.74, 6) is 1.87. The number of aryl methyl sites for hydroxylation is 2. The van der Waals surface area contributed by atoms with E-state index in [9.17, 15) is 4.79 Å². The largest absolute Gasteiger partial charge is 0.303 e. The van der Waals surface area contributed by atoms with E-state index in [2.05, 4.69) is 24.8 Å². The fourth-order valence-electron chi connectivity index (χ4n) is 2.01. The van der Waals surface area contributed by atoms with Crippen molar-refractivity contribution in [1.82, 2.24) is 4.90 Å². The first kappa shape index (κ1) is 16.3. The third-order valence-electron chi connectivity index (χ3n) is 3.37. The number of hydrogen-bond acceptors (Lipinski definition) is 3. The Morgan fingerprint density at radius 3 is 2.53 bits per heavy atom. The number of carbonyl (C=O) groups is 1. The summed E-state index contributed by atoms with van der Waals surface area (Å²) in [7, 11) is 0. The summed E-state index contributed by atoms with van der Waals surface area (Å²) in [4.78, 5) is 14.6. The maximum Gasteiger partial charge on any atom is 0.172 e. The Bertz CT molecular complexity index is 413. The van der Waals surface area contributed by atoms with Crippen molar-refractivity contribution in [2.75, 3.05) is 31.1 Å². The highest BCUT2D eigenvalue weighted by atomic mass is 32.2. The molecule has 0 unspecified atom stereocenters. The molecule has 0 amide bonds. The van der Waals surface area contributed by atoms with Gasteiger partial charge in [0.25, 0.3) is 0 Å². The third-order valence-corrected chi connectivity index (χ3v) is 4.31. The fourth-order valence-corrected chi connectivity index (χ4v) is 2.88. The van der Waals surface area contributed by atoms with Gasteiger partial charge in [0.1, 0.15) is 0 Å². The molecule has 0 aliphatic rings. The van der Waals surface area contributed by atoms with E-state index in [1.165, 1.54) is 0 Å². The van der Waals surface area contributed by atoms with Crippen LogP contribution in [0.3, 0.4) is 0 Å². The summed E-state index contributed by atoms with van der Waals surface area (Å²) < 4.78 is 0. The molecule has 1 rings (SSSR count). The number of rotatable bonds is 8. The molecule has 0 aromatic heterocycles. The number of Topliss-reactive ketones (excluding diaryl/α,β-unsaturated/α-hetero) is 1. The van der Waals surface area contributed by atoms with Gasteiger partial charge < -0.3 is 4.90 Å². The molecule has 0 saturated heterocycles. The van der Waals surface area contributed by atoms with Crippen LogP contribution < -0.4 is 0 Å². The van der Waals surface area contributed by atoms with Crippen LogP contribution in [0.5, 0.6) is 0 Å². The molecule has 0 heterocycles.